The molecule has 0 bridgehead atoms. The lowest BCUT2D eigenvalue weighted by Crippen LogP contribution is -2.12. The third-order valence-corrected chi connectivity index (χ3v) is 2.45. The Kier molecular flexibility index (Phi) is 2.10. The third kappa shape index (κ3) is 1.60. The lowest BCUT2D eigenvalue weighted by Gasteiger charge is -2.12. The largest absolute Gasteiger partial charge is 0.508 e. The monoisotopic (exact) mass is 179 g/mol. The Bertz CT molecular complexity index is 306. The summed E-state index contributed by atoms with van der Waals surface area (Å²) < 4.78 is 0. The van der Waals surface area contributed by atoms with E-state index in [1.54, 1.807) is 12.1 Å². The summed E-state index contributed by atoms with van der Waals surface area (Å²) in [5, 5.41) is 21.9. The zero-order valence-corrected chi connectivity index (χ0v) is 7.33. The van der Waals surface area contributed by atoms with Crippen molar-refractivity contribution >= 4 is 0 Å². The minimum Gasteiger partial charge on any atom is -0.508 e. The van der Waals surface area contributed by atoms with Crippen molar-refractivity contribution in [3.05, 3.63) is 23.8 Å². The summed E-state index contributed by atoms with van der Waals surface area (Å²) in [6.07, 6.45) is 2.20. The highest BCUT2D eigenvalue weighted by molar-refractivity contribution is 5.41. The molecule has 1 saturated heterocycles. The van der Waals surface area contributed by atoms with Gasteiger partial charge in [-0.05, 0) is 25.5 Å². The normalized spacial score (nSPS) is 22.0. The molecule has 1 aliphatic heterocycles. The summed E-state index contributed by atoms with van der Waals surface area (Å²) >= 11 is 0. The van der Waals surface area contributed by atoms with E-state index in [1.807, 2.05) is 0 Å². The van der Waals surface area contributed by atoms with Crippen LogP contribution in [0, 0.1) is 0 Å². The lowest BCUT2D eigenvalue weighted by atomic mass is 10.0. The van der Waals surface area contributed by atoms with Crippen LogP contribution in [0.25, 0.3) is 0 Å². The van der Waals surface area contributed by atoms with Gasteiger partial charge in [0, 0.05) is 17.7 Å². The molecule has 0 radical (unpaired) electrons. The number of aromatic hydroxyl groups is 2. The second kappa shape index (κ2) is 3.26. The molecule has 1 aromatic rings. The summed E-state index contributed by atoms with van der Waals surface area (Å²) in [7, 11) is 0. The van der Waals surface area contributed by atoms with Gasteiger partial charge in [0.15, 0.2) is 0 Å². The van der Waals surface area contributed by atoms with Crippen LogP contribution < -0.4 is 5.32 Å². The average molecular weight is 179 g/mol. The van der Waals surface area contributed by atoms with Gasteiger partial charge in [-0.15, -0.1) is 0 Å². The van der Waals surface area contributed by atoms with E-state index in [4.69, 9.17) is 5.11 Å². The van der Waals surface area contributed by atoms with Crippen molar-refractivity contribution in [2.45, 2.75) is 18.9 Å². The van der Waals surface area contributed by atoms with Crippen molar-refractivity contribution in [3.8, 4) is 11.5 Å². The van der Waals surface area contributed by atoms with Crippen LogP contribution in [0.3, 0.4) is 0 Å². The van der Waals surface area contributed by atoms with Crippen LogP contribution in [0.2, 0.25) is 0 Å². The fourth-order valence-electron chi connectivity index (χ4n) is 1.78. The summed E-state index contributed by atoms with van der Waals surface area (Å²) in [5.41, 5.74) is 0.885. The van der Waals surface area contributed by atoms with Gasteiger partial charge in [-0.3, -0.25) is 0 Å². The smallest absolute Gasteiger partial charge is 0.124 e. The first kappa shape index (κ1) is 8.38. The number of nitrogens with one attached hydrogen (secondary N) is 1. The van der Waals surface area contributed by atoms with Gasteiger partial charge in [-0.2, -0.15) is 0 Å². The van der Waals surface area contributed by atoms with E-state index < -0.39 is 0 Å². The van der Waals surface area contributed by atoms with Crippen LogP contribution in [0.1, 0.15) is 24.4 Å². The fraction of sp³-hybridized carbons (Fsp3) is 0.400. The van der Waals surface area contributed by atoms with Crippen molar-refractivity contribution in [2.24, 2.45) is 0 Å². The van der Waals surface area contributed by atoms with Gasteiger partial charge in [0.2, 0.25) is 0 Å². The molecule has 0 spiro atoms. The Morgan fingerprint density at radius 3 is 2.77 bits per heavy atom. The maximum absolute atomic E-state index is 9.55. The van der Waals surface area contributed by atoms with Gasteiger partial charge >= 0.3 is 0 Å². The van der Waals surface area contributed by atoms with Gasteiger partial charge in [0.1, 0.15) is 11.5 Å². The Labute approximate surface area is 77.0 Å². The first-order chi connectivity index (χ1) is 6.27. The van der Waals surface area contributed by atoms with Crippen LogP contribution in [0.15, 0.2) is 18.2 Å². The summed E-state index contributed by atoms with van der Waals surface area (Å²) in [6.45, 7) is 1.00. The van der Waals surface area contributed by atoms with E-state index in [9.17, 15) is 5.11 Å². The highest BCUT2D eigenvalue weighted by Crippen LogP contribution is 2.32. The molecular formula is C10H13NO2. The molecule has 3 N–H and O–H groups in total. The van der Waals surface area contributed by atoms with Crippen molar-refractivity contribution in [1.29, 1.82) is 0 Å². The molecule has 13 heavy (non-hydrogen) atoms. The van der Waals surface area contributed by atoms with E-state index in [2.05, 4.69) is 5.32 Å². The Balaban J connectivity index is 2.29. The van der Waals surface area contributed by atoms with Crippen molar-refractivity contribution in [3.63, 3.8) is 0 Å². The maximum atomic E-state index is 9.55. The predicted molar refractivity (Wildman–Crippen MR) is 49.7 cm³/mol. The third-order valence-electron chi connectivity index (χ3n) is 2.45. The van der Waals surface area contributed by atoms with Crippen molar-refractivity contribution < 1.29 is 10.2 Å². The number of hydrogen-bond donors (Lipinski definition) is 3. The van der Waals surface area contributed by atoms with Gasteiger partial charge in [-0.1, -0.05) is 6.07 Å². The minimum absolute atomic E-state index is 0.110. The van der Waals surface area contributed by atoms with E-state index in [1.165, 1.54) is 6.07 Å². The molecule has 1 atom stereocenters. The SMILES string of the molecule is Oc1ccc(C2CCCN2)c(O)c1. The number of phenolic OH excluding ortho intramolecular Hbond substituents is 2. The minimum atomic E-state index is 0.110. The first-order valence-electron chi connectivity index (χ1n) is 4.52. The predicted octanol–water partition coefficient (Wildman–Crippen LogP) is 1.52. The topological polar surface area (TPSA) is 52.5 Å². The van der Waals surface area contributed by atoms with E-state index in [0.29, 0.717) is 0 Å². The molecule has 0 amide bonds. The first-order valence-corrected chi connectivity index (χ1v) is 4.52. The highest BCUT2D eigenvalue weighted by atomic mass is 16.3. The van der Waals surface area contributed by atoms with Crippen LogP contribution in [-0.4, -0.2) is 16.8 Å². The lowest BCUT2D eigenvalue weighted by molar-refractivity contribution is 0.439. The van der Waals surface area contributed by atoms with Crippen LogP contribution >= 0.6 is 0 Å². The second-order valence-electron chi connectivity index (χ2n) is 3.39. The molecule has 70 valence electrons. The number of hydrogen-bond acceptors (Lipinski definition) is 3. The molecule has 0 aliphatic carbocycles. The molecule has 0 aromatic heterocycles. The van der Waals surface area contributed by atoms with Crippen LogP contribution in [-0.2, 0) is 0 Å². The van der Waals surface area contributed by atoms with E-state index in [0.717, 1.165) is 24.9 Å². The molecule has 0 saturated carbocycles. The van der Waals surface area contributed by atoms with Crippen molar-refractivity contribution in [2.75, 3.05) is 6.54 Å². The Morgan fingerprint density at radius 1 is 1.31 bits per heavy atom. The summed E-state index contributed by atoms with van der Waals surface area (Å²) in [4.78, 5) is 0. The maximum Gasteiger partial charge on any atom is 0.124 e. The zero-order valence-electron chi connectivity index (χ0n) is 7.33. The molecule has 3 nitrogen and oxygen atoms in total. The number of phenols is 2. The Hall–Kier alpha value is -1.22. The molecule has 1 heterocycles. The number of rotatable bonds is 1. The zero-order chi connectivity index (χ0) is 9.26. The van der Waals surface area contributed by atoms with Gasteiger partial charge in [-0.25, -0.2) is 0 Å². The molecule has 1 fully saturated rings. The number of benzene rings is 1. The van der Waals surface area contributed by atoms with E-state index in [-0.39, 0.29) is 17.5 Å². The fourth-order valence-corrected chi connectivity index (χ4v) is 1.78. The molecule has 1 aliphatic rings. The van der Waals surface area contributed by atoms with Crippen molar-refractivity contribution in [1.82, 2.24) is 5.32 Å². The van der Waals surface area contributed by atoms with Gasteiger partial charge < -0.3 is 15.5 Å². The Morgan fingerprint density at radius 2 is 2.15 bits per heavy atom. The summed E-state index contributed by atoms with van der Waals surface area (Å²) in [6, 6.07) is 5.01. The standard InChI is InChI=1S/C10H13NO2/c12-7-3-4-8(10(13)6-7)9-2-1-5-11-9/h3-4,6,9,11-13H,1-2,5H2. The van der Waals surface area contributed by atoms with Crippen LogP contribution in [0.4, 0.5) is 0 Å². The van der Waals surface area contributed by atoms with Gasteiger partial charge in [0.25, 0.3) is 0 Å². The summed E-state index contributed by atoms with van der Waals surface area (Å²) in [5.74, 6) is 0.290. The highest BCUT2D eigenvalue weighted by Gasteiger charge is 2.18. The molecular weight excluding hydrogens is 166 g/mol. The molecule has 1 aromatic carbocycles. The molecule has 2 rings (SSSR count). The van der Waals surface area contributed by atoms with E-state index >= 15 is 0 Å². The quantitative estimate of drug-likeness (QED) is 0.612. The van der Waals surface area contributed by atoms with Gasteiger partial charge in [0.05, 0.1) is 0 Å². The molecule has 3 heteroatoms. The second-order valence-corrected chi connectivity index (χ2v) is 3.39. The average Bonchev–Trinajstić information content (AvgIpc) is 2.56. The molecule has 1 unspecified atom stereocenters. The van der Waals surface area contributed by atoms with Crippen LogP contribution in [0.5, 0.6) is 11.5 Å².